The molecule has 0 atom stereocenters. The highest BCUT2D eigenvalue weighted by atomic mass is 32.1. The molecule has 0 aromatic carbocycles. The smallest absolute Gasteiger partial charge is 0.267 e. The normalized spacial score (nSPS) is 15.7. The lowest BCUT2D eigenvalue weighted by atomic mass is 10.1. The zero-order valence-electron chi connectivity index (χ0n) is 7.99. The van der Waals surface area contributed by atoms with Gasteiger partial charge in [-0.15, -0.1) is 5.10 Å². The highest BCUT2D eigenvalue weighted by Gasteiger charge is 2.32. The molecule has 1 amide bonds. The van der Waals surface area contributed by atoms with Crippen molar-refractivity contribution in [2.45, 2.75) is 13.0 Å². The number of carbonyl (C=O) groups excluding carboxylic acids is 1. The quantitative estimate of drug-likeness (QED) is 0.425. The second-order valence-corrected chi connectivity index (χ2v) is 4.01. The van der Waals surface area contributed by atoms with Gasteiger partial charge in [0, 0.05) is 18.0 Å². The minimum absolute atomic E-state index is 0.0770. The van der Waals surface area contributed by atoms with Crippen molar-refractivity contribution in [1.29, 1.82) is 0 Å². The number of likely N-dealkylation sites (tertiary alicyclic amines) is 1. The van der Waals surface area contributed by atoms with Crippen LogP contribution in [-0.4, -0.2) is 39.5 Å². The van der Waals surface area contributed by atoms with E-state index in [1.165, 1.54) is 0 Å². The van der Waals surface area contributed by atoms with Crippen LogP contribution in [0.25, 0.3) is 10.4 Å². The molecule has 0 radical (unpaired) electrons. The molecule has 15 heavy (non-hydrogen) atoms. The van der Waals surface area contributed by atoms with Crippen molar-refractivity contribution in [1.82, 2.24) is 14.5 Å². The third kappa shape index (κ3) is 1.77. The van der Waals surface area contributed by atoms with Crippen LogP contribution in [0.15, 0.2) is 5.11 Å². The van der Waals surface area contributed by atoms with Gasteiger partial charge in [-0.05, 0) is 24.0 Å². The highest BCUT2D eigenvalue weighted by molar-refractivity contribution is 7.07. The van der Waals surface area contributed by atoms with E-state index in [-0.39, 0.29) is 11.9 Å². The third-order valence-corrected chi connectivity index (χ3v) is 3.03. The van der Waals surface area contributed by atoms with E-state index < -0.39 is 0 Å². The first-order chi connectivity index (χ1) is 7.22. The van der Waals surface area contributed by atoms with Gasteiger partial charge in [-0.2, -0.15) is 0 Å². The Balaban J connectivity index is 2.01. The average Bonchev–Trinajstić information content (AvgIpc) is 2.56. The Morgan fingerprint density at radius 3 is 3.00 bits per heavy atom. The fraction of sp³-hybridized carbons (Fsp3) is 0.571. The monoisotopic (exact) mass is 224 g/mol. The number of aryl methyl sites for hydroxylation is 1. The number of carbonyl (C=O) groups is 1. The number of nitrogens with zero attached hydrogens (tertiary/aromatic N) is 6. The van der Waals surface area contributed by atoms with Crippen LogP contribution in [0.3, 0.4) is 0 Å². The standard InChI is InChI=1S/C7H8N6OS/c1-4-6(15-12-9-4)7(14)13-2-5(3-13)10-11-8/h5H,2-3H2,1H3. The Morgan fingerprint density at radius 2 is 2.47 bits per heavy atom. The largest absolute Gasteiger partial charge is 0.337 e. The lowest BCUT2D eigenvalue weighted by Crippen LogP contribution is -2.52. The molecule has 1 aromatic heterocycles. The maximum atomic E-state index is 11.8. The van der Waals surface area contributed by atoms with E-state index in [2.05, 4.69) is 19.6 Å². The van der Waals surface area contributed by atoms with Gasteiger partial charge in [0.15, 0.2) is 0 Å². The third-order valence-electron chi connectivity index (χ3n) is 2.21. The van der Waals surface area contributed by atoms with E-state index in [0.29, 0.717) is 23.7 Å². The second kappa shape index (κ2) is 3.84. The molecule has 0 spiro atoms. The van der Waals surface area contributed by atoms with Gasteiger partial charge in [0.1, 0.15) is 4.88 Å². The molecule has 8 heteroatoms. The van der Waals surface area contributed by atoms with Gasteiger partial charge in [-0.3, -0.25) is 4.79 Å². The molecule has 0 unspecified atom stereocenters. The Hall–Kier alpha value is -1.66. The summed E-state index contributed by atoms with van der Waals surface area (Å²) < 4.78 is 3.70. The Morgan fingerprint density at radius 1 is 1.73 bits per heavy atom. The van der Waals surface area contributed by atoms with Crippen molar-refractivity contribution >= 4 is 17.4 Å². The molecule has 1 aliphatic heterocycles. The van der Waals surface area contributed by atoms with Crippen LogP contribution >= 0.6 is 11.5 Å². The first-order valence-electron chi connectivity index (χ1n) is 4.35. The molecule has 0 N–H and O–H groups in total. The first-order valence-corrected chi connectivity index (χ1v) is 5.12. The van der Waals surface area contributed by atoms with E-state index >= 15 is 0 Å². The molecule has 0 saturated carbocycles. The molecule has 1 fully saturated rings. The van der Waals surface area contributed by atoms with Gasteiger partial charge >= 0.3 is 0 Å². The van der Waals surface area contributed by atoms with E-state index in [1.54, 1.807) is 11.8 Å². The van der Waals surface area contributed by atoms with Crippen molar-refractivity contribution in [3.8, 4) is 0 Å². The van der Waals surface area contributed by atoms with Crippen LogP contribution in [0.1, 0.15) is 15.4 Å². The number of aromatic nitrogens is 2. The minimum Gasteiger partial charge on any atom is -0.337 e. The number of hydrogen-bond acceptors (Lipinski definition) is 5. The average molecular weight is 224 g/mol. The van der Waals surface area contributed by atoms with Gasteiger partial charge < -0.3 is 4.90 Å². The van der Waals surface area contributed by atoms with Gasteiger partial charge in [-0.25, -0.2) is 0 Å². The molecule has 1 aliphatic rings. The topological polar surface area (TPSA) is 94.9 Å². The van der Waals surface area contributed by atoms with Crippen molar-refractivity contribution in [3.63, 3.8) is 0 Å². The molecular formula is C7H8N6OS. The van der Waals surface area contributed by atoms with Crippen LogP contribution < -0.4 is 0 Å². The van der Waals surface area contributed by atoms with E-state index in [9.17, 15) is 4.79 Å². The molecule has 0 bridgehead atoms. The maximum absolute atomic E-state index is 11.8. The lowest BCUT2D eigenvalue weighted by molar-refractivity contribution is 0.0613. The lowest BCUT2D eigenvalue weighted by Gasteiger charge is -2.36. The molecule has 2 heterocycles. The van der Waals surface area contributed by atoms with E-state index in [4.69, 9.17) is 5.53 Å². The number of amides is 1. The van der Waals surface area contributed by atoms with Gasteiger partial charge in [0.05, 0.1) is 11.7 Å². The summed E-state index contributed by atoms with van der Waals surface area (Å²) in [6.07, 6.45) is 0. The van der Waals surface area contributed by atoms with Gasteiger partial charge in [0.25, 0.3) is 5.91 Å². The maximum Gasteiger partial charge on any atom is 0.267 e. The number of hydrogen-bond donors (Lipinski definition) is 0. The molecule has 2 rings (SSSR count). The molecule has 1 aromatic rings. The van der Waals surface area contributed by atoms with Crippen LogP contribution in [0, 0.1) is 6.92 Å². The predicted octanol–water partition coefficient (Wildman–Crippen LogP) is 0.981. The SMILES string of the molecule is Cc1nnsc1C(=O)N1CC(N=[N+]=[N-])C1. The minimum atomic E-state index is -0.0832. The summed E-state index contributed by atoms with van der Waals surface area (Å²) in [6, 6.07) is -0.0832. The summed E-state index contributed by atoms with van der Waals surface area (Å²) in [5, 5.41) is 7.30. The van der Waals surface area contributed by atoms with Crippen molar-refractivity contribution in [3.05, 3.63) is 21.0 Å². The summed E-state index contributed by atoms with van der Waals surface area (Å²) in [6.45, 7) is 2.72. The summed E-state index contributed by atoms with van der Waals surface area (Å²) in [4.78, 5) is 16.7. The van der Waals surface area contributed by atoms with Crippen LogP contribution in [0.5, 0.6) is 0 Å². The predicted molar refractivity (Wildman–Crippen MR) is 53.5 cm³/mol. The fourth-order valence-electron chi connectivity index (χ4n) is 1.34. The molecule has 7 nitrogen and oxygen atoms in total. The summed E-state index contributed by atoms with van der Waals surface area (Å²) >= 11 is 1.09. The number of azide groups is 1. The molecule has 0 aliphatic carbocycles. The van der Waals surface area contributed by atoms with Crippen molar-refractivity contribution in [2.24, 2.45) is 5.11 Å². The highest BCUT2D eigenvalue weighted by Crippen LogP contribution is 2.19. The summed E-state index contributed by atoms with van der Waals surface area (Å²) in [5.41, 5.74) is 8.84. The van der Waals surface area contributed by atoms with E-state index in [1.807, 2.05) is 0 Å². The number of rotatable bonds is 2. The van der Waals surface area contributed by atoms with Gasteiger partial charge in [0.2, 0.25) is 0 Å². The van der Waals surface area contributed by atoms with E-state index in [0.717, 1.165) is 11.5 Å². The molecular weight excluding hydrogens is 216 g/mol. The molecule has 78 valence electrons. The van der Waals surface area contributed by atoms with Crippen LogP contribution in [-0.2, 0) is 0 Å². The summed E-state index contributed by atoms with van der Waals surface area (Å²) in [7, 11) is 0. The zero-order chi connectivity index (χ0) is 10.8. The molecule has 1 saturated heterocycles. The first kappa shape index (κ1) is 9.88. The Kier molecular flexibility index (Phi) is 2.53. The summed E-state index contributed by atoms with van der Waals surface area (Å²) in [5.74, 6) is -0.0770. The Bertz CT molecular complexity index is 430. The fourth-order valence-corrected chi connectivity index (χ4v) is 1.96. The Labute approximate surface area is 89.5 Å². The zero-order valence-corrected chi connectivity index (χ0v) is 8.81. The second-order valence-electron chi connectivity index (χ2n) is 3.26. The van der Waals surface area contributed by atoms with Crippen LogP contribution in [0.2, 0.25) is 0 Å². The van der Waals surface area contributed by atoms with Crippen molar-refractivity contribution in [2.75, 3.05) is 13.1 Å². The van der Waals surface area contributed by atoms with Crippen LogP contribution in [0.4, 0.5) is 0 Å². The van der Waals surface area contributed by atoms with Crippen molar-refractivity contribution < 1.29 is 4.79 Å². The van der Waals surface area contributed by atoms with Gasteiger partial charge in [-0.1, -0.05) is 9.60 Å².